The molecule has 242 valence electrons. The summed E-state index contributed by atoms with van der Waals surface area (Å²) in [5, 5.41) is 6.25. The molecule has 1 fully saturated rings. The van der Waals surface area contributed by atoms with Gasteiger partial charge in [0.1, 0.15) is 16.4 Å². The number of alkyl halides is 4. The lowest BCUT2D eigenvalue weighted by atomic mass is 9.65. The third-order valence-corrected chi connectivity index (χ3v) is 12.8. The van der Waals surface area contributed by atoms with Crippen LogP contribution in [0, 0.1) is 5.92 Å². The second-order valence-electron chi connectivity index (χ2n) is 11.9. The van der Waals surface area contributed by atoms with E-state index in [4.69, 9.17) is 9.47 Å². The van der Waals surface area contributed by atoms with Crippen LogP contribution in [0.5, 0.6) is 5.75 Å². The fourth-order valence-electron chi connectivity index (χ4n) is 5.65. The number of aliphatic hydroxyl groups is 1. The van der Waals surface area contributed by atoms with E-state index in [-0.39, 0.29) is 35.7 Å². The van der Waals surface area contributed by atoms with Gasteiger partial charge in [-0.15, -0.1) is 0 Å². The molecule has 1 heterocycles. The SMILES string of the molecule is CC1C=CC(C(CCCC(O)(C(F)(P)P)C(F)(P)P)(Cc2ccccc2)c2cccc(OC(F)(F)P)c2)=C[C@@H]1OC1(P)CP1. The molecule has 10 unspecified atom stereocenters. The fraction of sp³-hybridized carbons (Fsp3) is 0.467. The Morgan fingerprint density at radius 1 is 0.955 bits per heavy atom. The molecule has 4 rings (SSSR count). The molecule has 3 nitrogen and oxygen atoms in total. The van der Waals surface area contributed by atoms with Crippen LogP contribution in [0.15, 0.2) is 78.4 Å². The van der Waals surface area contributed by atoms with Crippen molar-refractivity contribution in [3.8, 4) is 5.75 Å². The fourth-order valence-corrected chi connectivity index (χ4v) is 8.86. The standard InChI is InChI=1S/C30H41F4O3P7/c1-19-11-12-22(16-24(19)37-27(38)18-44-27)25(17-20-7-3-2-4-8-20,21-9-5-10-23(15-21)36-30(33,34)43)13-6-14-26(35,28(31,39)40)29(32,41)42/h2-5,7-12,15-16,19,24,35,44H,6,13-14,17-18,38-43H2,1H3/t19?,24-,25?,27?/m0/s1. The second-order valence-corrected chi connectivity index (χ2v) is 20.3. The molecule has 2 aromatic rings. The van der Waals surface area contributed by atoms with E-state index in [0.717, 1.165) is 17.3 Å². The van der Waals surface area contributed by atoms with Crippen molar-refractivity contribution >= 4 is 64.0 Å². The zero-order valence-electron chi connectivity index (χ0n) is 24.4. The van der Waals surface area contributed by atoms with Gasteiger partial charge in [0.15, 0.2) is 10.3 Å². The first-order valence-corrected chi connectivity index (χ1v) is 18.8. The third-order valence-electron chi connectivity index (χ3n) is 8.26. The summed E-state index contributed by atoms with van der Waals surface area (Å²) >= 11 is 0. The lowest BCUT2D eigenvalue weighted by Crippen LogP contribution is -2.53. The van der Waals surface area contributed by atoms with Crippen LogP contribution in [0.25, 0.3) is 0 Å². The molecule has 44 heavy (non-hydrogen) atoms. The molecule has 14 heteroatoms. The molecule has 1 N–H and O–H groups in total. The molecule has 0 bridgehead atoms. The molecule has 0 aromatic heterocycles. The molecule has 2 aromatic carbocycles. The maximum Gasteiger partial charge on any atom is 0.408 e. The van der Waals surface area contributed by atoms with Crippen LogP contribution in [0.3, 0.4) is 0 Å². The predicted molar refractivity (Wildman–Crippen MR) is 196 cm³/mol. The number of hydrogen-bond donors (Lipinski definition) is 1. The van der Waals surface area contributed by atoms with Crippen LogP contribution in [-0.4, -0.2) is 44.2 Å². The largest absolute Gasteiger partial charge is 0.430 e. The van der Waals surface area contributed by atoms with E-state index in [1.165, 1.54) is 15.3 Å². The summed E-state index contributed by atoms with van der Waals surface area (Å²) in [5.74, 6) is -3.40. The molecular weight excluding hydrogens is 701 g/mol. The highest BCUT2D eigenvalue weighted by molar-refractivity contribution is 7.61. The van der Waals surface area contributed by atoms with Gasteiger partial charge in [0.2, 0.25) is 0 Å². The Morgan fingerprint density at radius 3 is 2.16 bits per heavy atom. The van der Waals surface area contributed by atoms with Gasteiger partial charge in [-0.3, -0.25) is 0 Å². The van der Waals surface area contributed by atoms with E-state index in [1.54, 1.807) is 12.1 Å². The second kappa shape index (κ2) is 14.1. The summed E-state index contributed by atoms with van der Waals surface area (Å²) in [4.78, 5) is 0. The van der Waals surface area contributed by atoms with Gasteiger partial charge in [-0.1, -0.05) is 122 Å². The van der Waals surface area contributed by atoms with Crippen LogP contribution in [-0.2, 0) is 16.6 Å². The smallest absolute Gasteiger partial charge is 0.408 e. The summed E-state index contributed by atoms with van der Waals surface area (Å²) in [5.41, 5.74) is -0.702. The van der Waals surface area contributed by atoms with Gasteiger partial charge in [-0.25, -0.2) is 8.78 Å². The van der Waals surface area contributed by atoms with Crippen molar-refractivity contribution < 1.29 is 32.1 Å². The highest BCUT2D eigenvalue weighted by Gasteiger charge is 2.56. The quantitative estimate of drug-likeness (QED) is 0.156. The van der Waals surface area contributed by atoms with E-state index in [1.807, 2.05) is 79.4 Å². The van der Waals surface area contributed by atoms with E-state index in [0.29, 0.717) is 27.0 Å². The maximum atomic E-state index is 15.3. The van der Waals surface area contributed by atoms with Crippen molar-refractivity contribution in [1.82, 2.24) is 0 Å². The molecule has 1 aliphatic heterocycles. The molecule has 0 saturated carbocycles. The molecule has 2 aliphatic rings. The minimum Gasteiger partial charge on any atom is -0.430 e. The van der Waals surface area contributed by atoms with Crippen LogP contribution in [0.4, 0.5) is 17.6 Å². The summed E-state index contributed by atoms with van der Waals surface area (Å²) < 4.78 is 70.0. The summed E-state index contributed by atoms with van der Waals surface area (Å²) in [6.07, 6.45) is 7.69. The van der Waals surface area contributed by atoms with Crippen molar-refractivity contribution in [3.05, 3.63) is 89.5 Å². The Hall–Kier alpha value is 0.370. The molecular formula is C30H41F4O3P7. The monoisotopic (exact) mass is 742 g/mol. The van der Waals surface area contributed by atoms with E-state index in [2.05, 4.69) is 28.3 Å². The zero-order valence-corrected chi connectivity index (χ0v) is 32.3. The third kappa shape index (κ3) is 9.08. The van der Waals surface area contributed by atoms with Crippen LogP contribution in [0.1, 0.15) is 37.3 Å². The Morgan fingerprint density at radius 2 is 1.59 bits per heavy atom. The molecule has 0 radical (unpaired) electrons. The molecule has 1 saturated heterocycles. The number of hydrogen-bond acceptors (Lipinski definition) is 3. The van der Waals surface area contributed by atoms with E-state index >= 15 is 8.78 Å². The van der Waals surface area contributed by atoms with Crippen LogP contribution < -0.4 is 4.74 Å². The van der Waals surface area contributed by atoms with Crippen LogP contribution in [0.2, 0.25) is 0 Å². The van der Waals surface area contributed by atoms with Gasteiger partial charge in [0.25, 0.3) is 0 Å². The highest BCUT2D eigenvalue weighted by Crippen LogP contribution is 2.59. The van der Waals surface area contributed by atoms with Gasteiger partial charge in [-0.05, 0) is 63.8 Å². The van der Waals surface area contributed by atoms with E-state index in [9.17, 15) is 13.9 Å². The highest BCUT2D eigenvalue weighted by atomic mass is 31.1. The molecule has 11 atom stereocenters. The molecule has 1 aliphatic carbocycles. The Labute approximate surface area is 273 Å². The first kappa shape index (κ1) is 37.2. The minimum absolute atomic E-state index is 0.0172. The van der Waals surface area contributed by atoms with Crippen molar-refractivity contribution in [3.63, 3.8) is 0 Å². The van der Waals surface area contributed by atoms with Crippen molar-refractivity contribution in [2.75, 3.05) is 6.16 Å². The summed E-state index contributed by atoms with van der Waals surface area (Å²) in [7, 11) is 12.4. The lowest BCUT2D eigenvalue weighted by Gasteiger charge is -2.44. The van der Waals surface area contributed by atoms with Gasteiger partial charge < -0.3 is 14.6 Å². The van der Waals surface area contributed by atoms with Gasteiger partial charge in [-0.2, -0.15) is 8.78 Å². The Bertz CT molecular complexity index is 1340. The van der Waals surface area contributed by atoms with Gasteiger partial charge >= 0.3 is 5.85 Å². The Balaban J connectivity index is 1.86. The topological polar surface area (TPSA) is 38.7 Å². The lowest BCUT2D eigenvalue weighted by molar-refractivity contribution is -0.0893. The first-order chi connectivity index (χ1) is 20.3. The summed E-state index contributed by atoms with van der Waals surface area (Å²) in [6.45, 7) is 2.08. The van der Waals surface area contributed by atoms with Crippen LogP contribution >= 0.6 is 64.0 Å². The number of halogens is 4. The number of ether oxygens (including phenoxy) is 2. The van der Waals surface area contributed by atoms with Crippen molar-refractivity contribution in [1.29, 1.82) is 0 Å². The molecule has 0 spiro atoms. The van der Waals surface area contributed by atoms with Crippen molar-refractivity contribution in [2.45, 2.75) is 71.0 Å². The maximum absolute atomic E-state index is 15.3. The first-order valence-electron chi connectivity index (χ1n) is 14.2. The van der Waals surface area contributed by atoms with E-state index < -0.39 is 27.2 Å². The minimum atomic E-state index is -3.47. The van der Waals surface area contributed by atoms with Gasteiger partial charge in [0.05, 0.1) is 6.10 Å². The Kier molecular flexibility index (Phi) is 11.9. The average Bonchev–Trinajstić information content (AvgIpc) is 3.64. The predicted octanol–water partition coefficient (Wildman–Crippen LogP) is 8.36. The average molecular weight is 742 g/mol. The number of allylic oxidation sites excluding steroid dienone is 2. The normalized spacial score (nSPS) is 24.6. The summed E-state index contributed by atoms with van der Waals surface area (Å²) in [6, 6.07) is 16.4. The molecule has 0 amide bonds. The number of benzene rings is 2. The zero-order chi connectivity index (χ0) is 32.6. The van der Waals surface area contributed by atoms with Crippen molar-refractivity contribution in [2.24, 2.45) is 5.92 Å². The number of rotatable bonds is 14. The van der Waals surface area contributed by atoms with Gasteiger partial charge in [0, 0.05) is 17.5 Å².